The van der Waals surface area contributed by atoms with Crippen LogP contribution in [0.25, 0.3) is 0 Å². The first-order chi connectivity index (χ1) is 6.75. The third-order valence-electron chi connectivity index (χ3n) is 2.55. The zero-order valence-electron chi connectivity index (χ0n) is 8.49. The first-order valence-corrected chi connectivity index (χ1v) is 5.72. The second kappa shape index (κ2) is 4.23. The maximum Gasteiger partial charge on any atom is 0.205 e. The molecule has 5 heteroatoms. The van der Waals surface area contributed by atoms with E-state index in [1.807, 2.05) is 6.92 Å². The summed E-state index contributed by atoms with van der Waals surface area (Å²) in [6.07, 6.45) is 1.14. The summed E-state index contributed by atoms with van der Waals surface area (Å²) in [6, 6.07) is 0.421. The van der Waals surface area contributed by atoms with Gasteiger partial charge < -0.3 is 10.1 Å². The first kappa shape index (κ1) is 9.86. The topological polar surface area (TPSA) is 47.0 Å². The van der Waals surface area contributed by atoms with Crippen molar-refractivity contribution in [3.63, 3.8) is 0 Å². The Hall–Kier alpha value is -0.680. The Balaban J connectivity index is 1.90. The molecule has 1 aliphatic heterocycles. The highest BCUT2D eigenvalue weighted by Gasteiger charge is 2.22. The quantitative estimate of drug-likeness (QED) is 0.830. The molecule has 2 rings (SSSR count). The van der Waals surface area contributed by atoms with Gasteiger partial charge in [0.2, 0.25) is 5.13 Å². The van der Waals surface area contributed by atoms with Crippen LogP contribution in [0.15, 0.2) is 0 Å². The van der Waals surface area contributed by atoms with E-state index >= 15 is 0 Å². The predicted octanol–water partition coefficient (Wildman–Crippen LogP) is 1.68. The van der Waals surface area contributed by atoms with Gasteiger partial charge in [-0.2, -0.15) is 0 Å². The molecule has 2 unspecified atom stereocenters. The van der Waals surface area contributed by atoms with Gasteiger partial charge >= 0.3 is 0 Å². The summed E-state index contributed by atoms with van der Waals surface area (Å²) in [5.74, 6) is 0.610. The van der Waals surface area contributed by atoms with Crippen LogP contribution in [0.2, 0.25) is 0 Å². The molecule has 0 saturated carbocycles. The molecule has 1 N–H and O–H groups in total. The molecule has 0 aliphatic carbocycles. The third-order valence-corrected chi connectivity index (χ3v) is 3.32. The molecule has 2 heterocycles. The number of hydrogen-bond acceptors (Lipinski definition) is 5. The van der Waals surface area contributed by atoms with Gasteiger partial charge in [-0.1, -0.05) is 11.3 Å². The minimum atomic E-state index is 0.421. The number of hydrogen-bond donors (Lipinski definition) is 1. The van der Waals surface area contributed by atoms with E-state index in [9.17, 15) is 0 Å². The summed E-state index contributed by atoms with van der Waals surface area (Å²) < 4.78 is 5.35. The van der Waals surface area contributed by atoms with Crippen LogP contribution in [0.1, 0.15) is 18.4 Å². The smallest absolute Gasteiger partial charge is 0.205 e. The zero-order chi connectivity index (χ0) is 9.97. The Bertz CT molecular complexity index is 296. The lowest BCUT2D eigenvalue weighted by atomic mass is 10.0. The number of nitrogens with zero attached hydrogens (tertiary/aromatic N) is 2. The fraction of sp³-hybridized carbons (Fsp3) is 0.778. The zero-order valence-corrected chi connectivity index (χ0v) is 9.30. The Kier molecular flexibility index (Phi) is 2.98. The normalized spacial score (nSPS) is 23.7. The van der Waals surface area contributed by atoms with Crippen molar-refractivity contribution in [3.05, 3.63) is 5.01 Å². The standard InChI is InChI=1S/C9H15N3OS/c1-6(8-3-4-13-5-8)10-9-12-11-7(2)14-9/h6,8H,3-5H2,1-2H3,(H,10,12). The van der Waals surface area contributed by atoms with Crippen LogP contribution >= 0.6 is 11.3 Å². The SMILES string of the molecule is Cc1nnc(NC(C)C2CCOC2)s1. The average Bonchev–Trinajstić information content (AvgIpc) is 2.75. The molecule has 1 fully saturated rings. The van der Waals surface area contributed by atoms with E-state index in [0.717, 1.165) is 29.8 Å². The number of aromatic nitrogens is 2. The molecular formula is C9H15N3OS. The van der Waals surface area contributed by atoms with Crippen molar-refractivity contribution < 1.29 is 4.74 Å². The second-order valence-electron chi connectivity index (χ2n) is 3.68. The number of rotatable bonds is 3. The lowest BCUT2D eigenvalue weighted by Crippen LogP contribution is -2.25. The fourth-order valence-corrected chi connectivity index (χ4v) is 2.30. The van der Waals surface area contributed by atoms with Crippen LogP contribution in [0, 0.1) is 12.8 Å². The Morgan fingerprint density at radius 3 is 3.00 bits per heavy atom. The minimum absolute atomic E-state index is 0.421. The molecule has 4 nitrogen and oxygen atoms in total. The van der Waals surface area contributed by atoms with Crippen molar-refractivity contribution in [3.8, 4) is 0 Å². The lowest BCUT2D eigenvalue weighted by molar-refractivity contribution is 0.183. The number of aryl methyl sites for hydroxylation is 1. The predicted molar refractivity (Wildman–Crippen MR) is 56.7 cm³/mol. The molecule has 2 atom stereocenters. The first-order valence-electron chi connectivity index (χ1n) is 4.90. The van der Waals surface area contributed by atoms with E-state index in [0.29, 0.717) is 12.0 Å². The van der Waals surface area contributed by atoms with E-state index in [1.54, 1.807) is 11.3 Å². The van der Waals surface area contributed by atoms with Crippen molar-refractivity contribution in [2.75, 3.05) is 18.5 Å². The average molecular weight is 213 g/mol. The molecule has 0 spiro atoms. The van der Waals surface area contributed by atoms with Crippen LogP contribution < -0.4 is 5.32 Å². The number of nitrogens with one attached hydrogen (secondary N) is 1. The highest BCUT2D eigenvalue weighted by molar-refractivity contribution is 7.15. The summed E-state index contributed by atoms with van der Waals surface area (Å²) in [5, 5.41) is 13.3. The van der Waals surface area contributed by atoms with Gasteiger partial charge in [0.05, 0.1) is 6.61 Å². The van der Waals surface area contributed by atoms with E-state index < -0.39 is 0 Å². The van der Waals surface area contributed by atoms with Gasteiger partial charge in [-0.05, 0) is 20.3 Å². The molecule has 0 amide bonds. The molecule has 0 aromatic carbocycles. The van der Waals surface area contributed by atoms with Crippen LogP contribution in [-0.2, 0) is 4.74 Å². The molecule has 1 aromatic heterocycles. The largest absolute Gasteiger partial charge is 0.381 e. The molecule has 1 aromatic rings. The van der Waals surface area contributed by atoms with Crippen LogP contribution in [0.5, 0.6) is 0 Å². The lowest BCUT2D eigenvalue weighted by Gasteiger charge is -2.17. The van der Waals surface area contributed by atoms with Crippen molar-refractivity contribution in [1.82, 2.24) is 10.2 Å². The van der Waals surface area contributed by atoms with Crippen molar-refractivity contribution >= 4 is 16.5 Å². The van der Waals surface area contributed by atoms with Gasteiger partial charge in [0.1, 0.15) is 5.01 Å². The molecule has 78 valence electrons. The number of anilines is 1. The summed E-state index contributed by atoms with van der Waals surface area (Å²) in [7, 11) is 0. The maximum atomic E-state index is 5.35. The third kappa shape index (κ3) is 2.22. The monoisotopic (exact) mass is 213 g/mol. The Labute approximate surface area is 87.7 Å². The van der Waals surface area contributed by atoms with E-state index in [1.165, 1.54) is 0 Å². The van der Waals surface area contributed by atoms with E-state index in [2.05, 4.69) is 22.4 Å². The number of ether oxygens (including phenoxy) is 1. The Morgan fingerprint density at radius 1 is 1.57 bits per heavy atom. The molecule has 0 radical (unpaired) electrons. The summed E-state index contributed by atoms with van der Waals surface area (Å²) >= 11 is 1.60. The molecule has 14 heavy (non-hydrogen) atoms. The van der Waals surface area contributed by atoms with Crippen molar-refractivity contribution in [1.29, 1.82) is 0 Å². The van der Waals surface area contributed by atoms with E-state index in [4.69, 9.17) is 4.74 Å². The van der Waals surface area contributed by atoms with Crippen molar-refractivity contribution in [2.24, 2.45) is 5.92 Å². The van der Waals surface area contributed by atoms with Gasteiger partial charge in [-0.25, -0.2) is 0 Å². The van der Waals surface area contributed by atoms with E-state index in [-0.39, 0.29) is 0 Å². The van der Waals surface area contributed by atoms with Crippen LogP contribution in [0.3, 0.4) is 0 Å². The second-order valence-corrected chi connectivity index (χ2v) is 4.86. The van der Waals surface area contributed by atoms with Crippen molar-refractivity contribution in [2.45, 2.75) is 26.3 Å². The Morgan fingerprint density at radius 2 is 2.43 bits per heavy atom. The van der Waals surface area contributed by atoms with Crippen LogP contribution in [0.4, 0.5) is 5.13 Å². The highest BCUT2D eigenvalue weighted by Crippen LogP contribution is 2.21. The highest BCUT2D eigenvalue weighted by atomic mass is 32.1. The summed E-state index contributed by atoms with van der Waals surface area (Å²) in [6.45, 7) is 5.90. The minimum Gasteiger partial charge on any atom is -0.381 e. The molecule has 0 bridgehead atoms. The molecular weight excluding hydrogens is 198 g/mol. The fourth-order valence-electron chi connectivity index (χ4n) is 1.61. The van der Waals surface area contributed by atoms with Gasteiger partial charge in [0, 0.05) is 18.6 Å². The van der Waals surface area contributed by atoms with Gasteiger partial charge in [0.25, 0.3) is 0 Å². The maximum absolute atomic E-state index is 5.35. The van der Waals surface area contributed by atoms with Crippen LogP contribution in [-0.4, -0.2) is 29.5 Å². The van der Waals surface area contributed by atoms with Gasteiger partial charge in [-0.15, -0.1) is 10.2 Å². The van der Waals surface area contributed by atoms with Gasteiger partial charge in [-0.3, -0.25) is 0 Å². The summed E-state index contributed by atoms with van der Waals surface area (Å²) in [5.41, 5.74) is 0. The molecule has 1 saturated heterocycles. The summed E-state index contributed by atoms with van der Waals surface area (Å²) in [4.78, 5) is 0. The van der Waals surface area contributed by atoms with Gasteiger partial charge in [0.15, 0.2) is 0 Å². The molecule has 1 aliphatic rings.